The van der Waals surface area contributed by atoms with E-state index >= 15 is 0 Å². The summed E-state index contributed by atoms with van der Waals surface area (Å²) in [5.74, 6) is -3.29. The number of nitrogens with zero attached hydrogens (tertiary/aromatic N) is 1. The van der Waals surface area contributed by atoms with Crippen molar-refractivity contribution >= 4 is 23.7 Å². The molecule has 37 heavy (non-hydrogen) atoms. The molecule has 1 aliphatic rings. The van der Waals surface area contributed by atoms with Crippen molar-refractivity contribution in [2.75, 3.05) is 6.54 Å². The van der Waals surface area contributed by atoms with Crippen LogP contribution >= 0.6 is 0 Å². The molecule has 200 valence electrons. The van der Waals surface area contributed by atoms with Crippen LogP contribution in [0.2, 0.25) is 0 Å². The fraction of sp³-hybridized carbons (Fsp3) is 0.458. The Bertz CT molecular complexity index is 1070. The maximum absolute atomic E-state index is 13.2. The van der Waals surface area contributed by atoms with Crippen LogP contribution in [0.3, 0.4) is 0 Å². The van der Waals surface area contributed by atoms with Gasteiger partial charge in [-0.15, -0.1) is 0 Å². The molecule has 5 unspecified atom stereocenters. The molecule has 1 aliphatic heterocycles. The molecule has 0 radical (unpaired) electrons. The number of aliphatic carboxylic acids is 1. The summed E-state index contributed by atoms with van der Waals surface area (Å²) in [6.07, 6.45) is 2.85. The first-order valence-corrected chi connectivity index (χ1v) is 11.9. The zero-order valence-corrected chi connectivity index (χ0v) is 20.3. The van der Waals surface area contributed by atoms with Crippen LogP contribution in [0, 0.1) is 0 Å². The quantitative estimate of drug-likeness (QED) is 0.166. The molecule has 1 aromatic carbocycles. The van der Waals surface area contributed by atoms with E-state index in [9.17, 15) is 34.5 Å². The first-order chi connectivity index (χ1) is 17.6. The van der Waals surface area contributed by atoms with E-state index in [1.165, 1.54) is 31.6 Å². The number of phenols is 1. The molecule has 2 heterocycles. The van der Waals surface area contributed by atoms with E-state index in [2.05, 4.69) is 31.2 Å². The number of rotatable bonds is 12. The number of imidazole rings is 1. The fourth-order valence-electron chi connectivity index (χ4n) is 3.99. The molecule has 8 N–H and O–H groups in total. The highest BCUT2D eigenvalue weighted by Crippen LogP contribution is 2.13. The van der Waals surface area contributed by atoms with E-state index in [0.717, 1.165) is 6.42 Å². The van der Waals surface area contributed by atoms with Crippen LogP contribution in [0.1, 0.15) is 31.0 Å². The molecule has 2 aromatic rings. The minimum Gasteiger partial charge on any atom is -0.508 e. The van der Waals surface area contributed by atoms with Crippen LogP contribution in [0.4, 0.5) is 0 Å². The number of carboxylic acid groups (broad SMARTS) is 1. The molecule has 13 heteroatoms. The Morgan fingerprint density at radius 3 is 2.32 bits per heavy atom. The smallest absolute Gasteiger partial charge is 0.326 e. The van der Waals surface area contributed by atoms with Gasteiger partial charge in [-0.05, 0) is 44.0 Å². The molecule has 0 saturated carbocycles. The zero-order chi connectivity index (χ0) is 26.9. The molecule has 5 atom stereocenters. The van der Waals surface area contributed by atoms with E-state index in [1.54, 1.807) is 12.1 Å². The third-order valence-electron chi connectivity index (χ3n) is 6.04. The van der Waals surface area contributed by atoms with Crippen LogP contribution in [-0.4, -0.2) is 85.8 Å². The number of hydrogen-bond donors (Lipinski definition) is 8. The molecular weight excluding hydrogens is 484 g/mol. The third-order valence-corrected chi connectivity index (χ3v) is 6.04. The van der Waals surface area contributed by atoms with Gasteiger partial charge in [0.25, 0.3) is 0 Å². The van der Waals surface area contributed by atoms with Gasteiger partial charge in [0.1, 0.15) is 23.9 Å². The van der Waals surface area contributed by atoms with Gasteiger partial charge in [-0.25, -0.2) is 9.78 Å². The van der Waals surface area contributed by atoms with Crippen molar-refractivity contribution < 1.29 is 34.5 Å². The summed E-state index contributed by atoms with van der Waals surface area (Å²) >= 11 is 0. The third kappa shape index (κ3) is 8.02. The van der Waals surface area contributed by atoms with Gasteiger partial charge in [-0.1, -0.05) is 12.1 Å². The van der Waals surface area contributed by atoms with E-state index in [0.29, 0.717) is 24.2 Å². The van der Waals surface area contributed by atoms with Gasteiger partial charge in [0, 0.05) is 24.7 Å². The summed E-state index contributed by atoms with van der Waals surface area (Å²) < 4.78 is 0. The molecular formula is C24H32N6O7. The van der Waals surface area contributed by atoms with Gasteiger partial charge in [0.2, 0.25) is 17.7 Å². The zero-order valence-electron chi connectivity index (χ0n) is 20.3. The van der Waals surface area contributed by atoms with Crippen LogP contribution < -0.4 is 21.3 Å². The maximum Gasteiger partial charge on any atom is 0.326 e. The Hall–Kier alpha value is -3.97. The number of nitrogens with one attached hydrogen (secondary N) is 5. The molecule has 1 aromatic heterocycles. The predicted octanol–water partition coefficient (Wildman–Crippen LogP) is -1.43. The minimum atomic E-state index is -1.34. The number of aliphatic hydroxyl groups is 1. The summed E-state index contributed by atoms with van der Waals surface area (Å²) in [6, 6.07) is 1.56. The van der Waals surface area contributed by atoms with Gasteiger partial charge in [-0.3, -0.25) is 14.4 Å². The number of amides is 3. The van der Waals surface area contributed by atoms with Crippen LogP contribution in [0.5, 0.6) is 5.75 Å². The van der Waals surface area contributed by atoms with Gasteiger partial charge in [0.15, 0.2) is 0 Å². The molecule has 3 rings (SSSR count). The highest BCUT2D eigenvalue weighted by atomic mass is 16.4. The fourth-order valence-corrected chi connectivity index (χ4v) is 3.99. The Morgan fingerprint density at radius 1 is 1.05 bits per heavy atom. The number of aromatic amines is 1. The summed E-state index contributed by atoms with van der Waals surface area (Å²) in [5, 5.41) is 39.9. The average Bonchev–Trinajstić information content (AvgIpc) is 3.57. The Labute approximate surface area is 213 Å². The van der Waals surface area contributed by atoms with E-state index in [1.807, 2.05) is 0 Å². The monoisotopic (exact) mass is 516 g/mol. The Morgan fingerprint density at radius 2 is 1.76 bits per heavy atom. The number of aromatic nitrogens is 2. The first-order valence-electron chi connectivity index (χ1n) is 11.9. The normalized spacial score (nSPS) is 18.3. The molecule has 3 amide bonds. The van der Waals surface area contributed by atoms with Crippen molar-refractivity contribution in [3.05, 3.63) is 48.0 Å². The second-order valence-electron chi connectivity index (χ2n) is 8.99. The topological polar surface area (TPSA) is 206 Å². The summed E-state index contributed by atoms with van der Waals surface area (Å²) in [4.78, 5) is 57.3. The lowest BCUT2D eigenvalue weighted by atomic mass is 10.0. The number of aromatic hydroxyl groups is 1. The van der Waals surface area contributed by atoms with E-state index < -0.39 is 54.0 Å². The number of carbonyl (C=O) groups is 4. The van der Waals surface area contributed by atoms with Crippen LogP contribution in [0.15, 0.2) is 36.8 Å². The SMILES string of the molecule is CC(O)C(NC(=O)C1CCCN1)C(=O)NC(Cc1ccc(O)cc1)C(=O)NC(Cc1cnc[nH]1)C(=O)O. The lowest BCUT2D eigenvalue weighted by molar-refractivity contribution is -0.142. The van der Waals surface area contributed by atoms with Crippen molar-refractivity contribution in [3.63, 3.8) is 0 Å². The number of H-pyrrole nitrogens is 1. The van der Waals surface area contributed by atoms with Crippen molar-refractivity contribution in [1.82, 2.24) is 31.2 Å². The van der Waals surface area contributed by atoms with Gasteiger partial charge in [0.05, 0.1) is 18.5 Å². The molecule has 1 saturated heterocycles. The highest BCUT2D eigenvalue weighted by Gasteiger charge is 2.33. The molecule has 0 spiro atoms. The van der Waals surface area contributed by atoms with Gasteiger partial charge < -0.3 is 41.6 Å². The number of aliphatic hydroxyl groups excluding tert-OH is 1. The average molecular weight is 517 g/mol. The van der Waals surface area contributed by atoms with Crippen LogP contribution in [-0.2, 0) is 32.0 Å². The Balaban J connectivity index is 1.76. The number of phenolic OH excluding ortho intramolecular Hbond substituents is 1. The molecule has 1 fully saturated rings. The van der Waals surface area contributed by atoms with Crippen LogP contribution in [0.25, 0.3) is 0 Å². The van der Waals surface area contributed by atoms with Crippen molar-refractivity contribution in [3.8, 4) is 5.75 Å². The predicted molar refractivity (Wildman–Crippen MR) is 130 cm³/mol. The lowest BCUT2D eigenvalue weighted by Gasteiger charge is -2.26. The Kier molecular flexibility index (Phi) is 9.57. The summed E-state index contributed by atoms with van der Waals surface area (Å²) in [6.45, 7) is 2.01. The van der Waals surface area contributed by atoms with Crippen molar-refractivity contribution in [2.45, 2.75) is 62.9 Å². The number of carbonyl (C=O) groups excluding carboxylic acids is 3. The van der Waals surface area contributed by atoms with Gasteiger partial charge >= 0.3 is 5.97 Å². The van der Waals surface area contributed by atoms with Gasteiger partial charge in [-0.2, -0.15) is 0 Å². The standard InChI is InChI=1S/C24H32N6O7/c1-13(31)20(30-21(33)17-3-2-8-26-17)23(35)28-18(9-14-4-6-16(32)7-5-14)22(34)29-19(24(36)37)10-15-11-25-12-27-15/h4-7,11-13,17-20,26,31-32H,2-3,8-10H2,1H3,(H,25,27)(H,28,35)(H,29,34)(H,30,33)(H,36,37). The lowest BCUT2D eigenvalue weighted by Crippen LogP contribution is -2.60. The highest BCUT2D eigenvalue weighted by molar-refractivity contribution is 5.94. The molecule has 0 aliphatic carbocycles. The number of carboxylic acids is 1. The largest absolute Gasteiger partial charge is 0.508 e. The van der Waals surface area contributed by atoms with E-state index in [-0.39, 0.29) is 18.6 Å². The second kappa shape index (κ2) is 12.8. The van der Waals surface area contributed by atoms with E-state index in [4.69, 9.17) is 0 Å². The molecule has 13 nitrogen and oxygen atoms in total. The number of hydrogen-bond acceptors (Lipinski definition) is 8. The molecule has 0 bridgehead atoms. The van der Waals surface area contributed by atoms with Crippen molar-refractivity contribution in [1.29, 1.82) is 0 Å². The first kappa shape index (κ1) is 27.6. The number of benzene rings is 1. The second-order valence-corrected chi connectivity index (χ2v) is 8.99. The minimum absolute atomic E-state index is 0.0108. The summed E-state index contributed by atoms with van der Waals surface area (Å²) in [7, 11) is 0. The van der Waals surface area contributed by atoms with Crippen molar-refractivity contribution in [2.24, 2.45) is 0 Å². The maximum atomic E-state index is 13.2. The summed E-state index contributed by atoms with van der Waals surface area (Å²) in [5.41, 5.74) is 1.07.